The van der Waals surface area contributed by atoms with Crippen LogP contribution in [0.1, 0.15) is 21.7 Å². The number of rotatable bonds is 3. The van der Waals surface area contributed by atoms with Crippen molar-refractivity contribution in [3.8, 4) is 5.82 Å². The molecule has 0 saturated carbocycles. The van der Waals surface area contributed by atoms with E-state index in [-0.39, 0.29) is 5.91 Å². The fraction of sp³-hybridized carbons (Fsp3) is 0.100. The van der Waals surface area contributed by atoms with Gasteiger partial charge in [-0.15, -0.1) is 0 Å². The summed E-state index contributed by atoms with van der Waals surface area (Å²) in [4.78, 5) is 21.0. The highest BCUT2D eigenvalue weighted by Crippen LogP contribution is 2.17. The molecule has 6 nitrogen and oxygen atoms in total. The summed E-state index contributed by atoms with van der Waals surface area (Å²) in [5.74, 6) is 0.828. The number of nitrogens with one attached hydrogen (secondary N) is 1. The molecule has 0 radical (unpaired) electrons. The van der Waals surface area contributed by atoms with E-state index in [4.69, 9.17) is 0 Å². The number of hydrogen-bond donors (Lipinski definition) is 1. The Morgan fingerprint density at radius 2 is 1.77 bits per heavy atom. The number of carbonyl (C=O) groups excluding carboxylic acids is 1. The lowest BCUT2D eigenvalue weighted by Crippen LogP contribution is -2.14. The predicted molar refractivity (Wildman–Crippen MR) is 101 cm³/mol. The number of hydrogen-bond acceptors (Lipinski definition) is 4. The molecule has 128 valence electrons. The summed E-state index contributed by atoms with van der Waals surface area (Å²) < 4.78 is 1.72. The van der Waals surface area contributed by atoms with Crippen molar-refractivity contribution in [1.29, 1.82) is 0 Å². The monoisotopic (exact) mass is 343 g/mol. The smallest absolute Gasteiger partial charge is 0.256 e. The maximum atomic E-state index is 12.6. The van der Waals surface area contributed by atoms with Crippen LogP contribution in [0.2, 0.25) is 0 Å². The van der Waals surface area contributed by atoms with Crippen molar-refractivity contribution in [3.05, 3.63) is 77.9 Å². The number of aromatic nitrogens is 4. The third-order valence-electron chi connectivity index (χ3n) is 4.13. The number of anilines is 1. The molecule has 0 unspecified atom stereocenters. The van der Waals surface area contributed by atoms with E-state index in [9.17, 15) is 4.79 Å². The van der Waals surface area contributed by atoms with Crippen molar-refractivity contribution in [1.82, 2.24) is 19.7 Å². The minimum absolute atomic E-state index is 0.214. The Hall–Kier alpha value is -3.54. The molecule has 0 aliphatic heterocycles. The van der Waals surface area contributed by atoms with Crippen LogP contribution >= 0.6 is 0 Å². The molecule has 2 heterocycles. The maximum Gasteiger partial charge on any atom is 0.256 e. The zero-order chi connectivity index (χ0) is 18.1. The summed E-state index contributed by atoms with van der Waals surface area (Å²) in [5, 5.41) is 9.35. The van der Waals surface area contributed by atoms with Crippen LogP contribution in [0.3, 0.4) is 0 Å². The quantitative estimate of drug-likeness (QED) is 0.616. The van der Waals surface area contributed by atoms with E-state index < -0.39 is 0 Å². The molecule has 0 bridgehead atoms. The van der Waals surface area contributed by atoms with Gasteiger partial charge in [0.25, 0.3) is 5.91 Å². The second-order valence-electron chi connectivity index (χ2n) is 6.12. The number of amides is 1. The number of carbonyl (C=O) groups is 1. The van der Waals surface area contributed by atoms with Crippen molar-refractivity contribution in [2.75, 3.05) is 5.32 Å². The Bertz CT molecular complexity index is 1120. The van der Waals surface area contributed by atoms with E-state index in [1.165, 1.54) is 6.33 Å². The number of aryl methyl sites for hydroxylation is 2. The van der Waals surface area contributed by atoms with Gasteiger partial charge in [0.05, 0.1) is 5.69 Å². The predicted octanol–water partition coefficient (Wildman–Crippen LogP) is 3.68. The molecule has 0 fully saturated rings. The van der Waals surface area contributed by atoms with Gasteiger partial charge in [0.2, 0.25) is 0 Å². The van der Waals surface area contributed by atoms with Crippen LogP contribution in [0.5, 0.6) is 0 Å². The van der Waals surface area contributed by atoms with Crippen LogP contribution in [-0.4, -0.2) is 25.7 Å². The SMILES string of the molecule is Cc1cc(C)n(-c2cc(NC(=O)c3ccc4ccccc4c3)ncn2)n1. The average molecular weight is 343 g/mol. The van der Waals surface area contributed by atoms with Gasteiger partial charge in [-0.2, -0.15) is 5.10 Å². The molecule has 4 aromatic rings. The molecule has 0 spiro atoms. The van der Waals surface area contributed by atoms with Gasteiger partial charge >= 0.3 is 0 Å². The van der Waals surface area contributed by atoms with Crippen LogP contribution in [0.4, 0.5) is 5.82 Å². The topological polar surface area (TPSA) is 72.7 Å². The highest BCUT2D eigenvalue weighted by Gasteiger charge is 2.10. The van der Waals surface area contributed by atoms with Crippen molar-refractivity contribution in [2.45, 2.75) is 13.8 Å². The Kier molecular flexibility index (Phi) is 3.93. The fourth-order valence-electron chi connectivity index (χ4n) is 2.91. The molecule has 0 aliphatic rings. The second-order valence-corrected chi connectivity index (χ2v) is 6.12. The zero-order valence-electron chi connectivity index (χ0n) is 14.5. The third-order valence-corrected chi connectivity index (χ3v) is 4.13. The summed E-state index contributed by atoms with van der Waals surface area (Å²) in [5.41, 5.74) is 2.45. The minimum Gasteiger partial charge on any atom is -0.306 e. The first-order valence-corrected chi connectivity index (χ1v) is 8.26. The molecule has 0 atom stereocenters. The van der Waals surface area contributed by atoms with Crippen LogP contribution in [0.25, 0.3) is 16.6 Å². The van der Waals surface area contributed by atoms with Gasteiger partial charge in [0, 0.05) is 17.3 Å². The zero-order valence-corrected chi connectivity index (χ0v) is 14.5. The van der Waals surface area contributed by atoms with Gasteiger partial charge in [0.15, 0.2) is 5.82 Å². The normalized spacial score (nSPS) is 10.8. The average Bonchev–Trinajstić information content (AvgIpc) is 2.99. The molecule has 0 saturated heterocycles. The highest BCUT2D eigenvalue weighted by molar-refractivity contribution is 6.06. The van der Waals surface area contributed by atoms with Crippen molar-refractivity contribution < 1.29 is 4.79 Å². The summed E-state index contributed by atoms with van der Waals surface area (Å²) in [6, 6.07) is 17.2. The van der Waals surface area contributed by atoms with E-state index in [0.29, 0.717) is 17.2 Å². The molecule has 0 aliphatic carbocycles. The third kappa shape index (κ3) is 3.04. The number of nitrogens with zero attached hydrogens (tertiary/aromatic N) is 4. The molecular weight excluding hydrogens is 326 g/mol. The number of fused-ring (bicyclic) bond motifs is 1. The highest BCUT2D eigenvalue weighted by atomic mass is 16.1. The molecule has 2 aromatic heterocycles. The lowest BCUT2D eigenvalue weighted by Gasteiger charge is -2.08. The van der Waals surface area contributed by atoms with Crippen LogP contribution in [-0.2, 0) is 0 Å². The Labute approximate surface area is 150 Å². The van der Waals surface area contributed by atoms with E-state index >= 15 is 0 Å². The standard InChI is InChI=1S/C20H17N5O/c1-13-9-14(2)25(24-13)19-11-18(21-12-22-19)23-20(26)17-8-7-15-5-3-4-6-16(15)10-17/h3-12H,1-2H3,(H,21,22,23,26). The summed E-state index contributed by atoms with van der Waals surface area (Å²) in [6.45, 7) is 3.88. The Morgan fingerprint density at radius 1 is 0.962 bits per heavy atom. The van der Waals surface area contributed by atoms with Crippen molar-refractivity contribution in [2.24, 2.45) is 0 Å². The summed E-state index contributed by atoms with van der Waals surface area (Å²) in [6.07, 6.45) is 1.42. The first-order valence-electron chi connectivity index (χ1n) is 8.26. The molecule has 6 heteroatoms. The molecule has 26 heavy (non-hydrogen) atoms. The first-order chi connectivity index (χ1) is 12.6. The molecule has 1 N–H and O–H groups in total. The van der Waals surface area contributed by atoms with E-state index in [2.05, 4.69) is 20.4 Å². The molecule has 1 amide bonds. The first kappa shape index (κ1) is 16.0. The van der Waals surface area contributed by atoms with E-state index in [1.54, 1.807) is 16.8 Å². The van der Waals surface area contributed by atoms with Crippen LogP contribution in [0.15, 0.2) is 60.9 Å². The largest absolute Gasteiger partial charge is 0.306 e. The van der Waals surface area contributed by atoms with E-state index in [0.717, 1.165) is 22.2 Å². The Morgan fingerprint density at radius 3 is 2.54 bits per heavy atom. The summed E-state index contributed by atoms with van der Waals surface area (Å²) in [7, 11) is 0. The van der Waals surface area contributed by atoms with Gasteiger partial charge in [-0.3, -0.25) is 4.79 Å². The van der Waals surface area contributed by atoms with E-state index in [1.807, 2.05) is 56.3 Å². The minimum atomic E-state index is -0.214. The molecular formula is C20H17N5O. The van der Waals surface area contributed by atoms with Gasteiger partial charge in [0.1, 0.15) is 12.1 Å². The van der Waals surface area contributed by atoms with Gasteiger partial charge in [-0.05, 0) is 42.8 Å². The Balaban J connectivity index is 1.61. The number of benzene rings is 2. The second kappa shape index (κ2) is 6.40. The van der Waals surface area contributed by atoms with Crippen molar-refractivity contribution >= 4 is 22.5 Å². The summed E-state index contributed by atoms with van der Waals surface area (Å²) >= 11 is 0. The molecule has 4 rings (SSSR count). The maximum absolute atomic E-state index is 12.6. The lowest BCUT2D eigenvalue weighted by atomic mass is 10.1. The van der Waals surface area contributed by atoms with Gasteiger partial charge in [-0.1, -0.05) is 30.3 Å². The van der Waals surface area contributed by atoms with Crippen LogP contribution < -0.4 is 5.32 Å². The fourth-order valence-corrected chi connectivity index (χ4v) is 2.91. The van der Waals surface area contributed by atoms with Gasteiger partial charge in [-0.25, -0.2) is 14.6 Å². The molecule has 2 aromatic carbocycles. The van der Waals surface area contributed by atoms with Gasteiger partial charge < -0.3 is 5.32 Å². The lowest BCUT2D eigenvalue weighted by molar-refractivity contribution is 0.102. The van der Waals surface area contributed by atoms with Crippen molar-refractivity contribution in [3.63, 3.8) is 0 Å². The van der Waals surface area contributed by atoms with Crippen LogP contribution in [0, 0.1) is 13.8 Å².